The summed E-state index contributed by atoms with van der Waals surface area (Å²) in [6.07, 6.45) is 5.24. The van der Waals surface area contributed by atoms with Crippen molar-refractivity contribution in [1.29, 1.82) is 5.26 Å². The van der Waals surface area contributed by atoms with Crippen LogP contribution in [0.15, 0.2) is 42.6 Å². The molecule has 1 N–H and O–H groups in total. The lowest BCUT2D eigenvalue weighted by atomic mass is 9.99. The van der Waals surface area contributed by atoms with Crippen LogP contribution in [-0.4, -0.2) is 97.5 Å². The number of ether oxygens (including phenoxy) is 3. The molecule has 2 saturated carbocycles. The number of nitrogens with zero attached hydrogens (tertiary/aromatic N) is 9. The molecule has 5 aromatic rings. The van der Waals surface area contributed by atoms with Crippen molar-refractivity contribution >= 4 is 39.9 Å². The zero-order chi connectivity index (χ0) is 38.9. The Balaban J connectivity index is 1.09. The molecule has 15 heteroatoms. The number of likely N-dealkylation sites (tertiary alicyclic amines) is 1. The van der Waals surface area contributed by atoms with Gasteiger partial charge in [0.25, 0.3) is 5.91 Å². The maximum absolute atomic E-state index is 14.4. The normalized spacial score (nSPS) is 20.7. The number of hydrogen-bond donors (Lipinski definition) is 1. The van der Waals surface area contributed by atoms with E-state index in [4.69, 9.17) is 24.2 Å². The lowest BCUT2D eigenvalue weighted by molar-refractivity contribution is 0.0485. The van der Waals surface area contributed by atoms with Gasteiger partial charge >= 0.3 is 6.09 Å². The van der Waals surface area contributed by atoms with Gasteiger partial charge in [-0.25, -0.2) is 19.7 Å². The van der Waals surface area contributed by atoms with Crippen molar-refractivity contribution < 1.29 is 23.8 Å². The number of rotatable bonds is 10. The number of methoxy groups -OCH3 is 2. The van der Waals surface area contributed by atoms with E-state index >= 15 is 0 Å². The molecule has 290 valence electrons. The van der Waals surface area contributed by atoms with Gasteiger partial charge in [0.2, 0.25) is 11.7 Å². The van der Waals surface area contributed by atoms with Crippen LogP contribution in [0.1, 0.15) is 62.6 Å². The molecule has 2 aliphatic carbocycles. The molecule has 6 heterocycles. The highest BCUT2D eigenvalue weighted by atomic mass is 16.6. The molecule has 56 heavy (non-hydrogen) atoms. The van der Waals surface area contributed by atoms with Gasteiger partial charge in [-0.2, -0.15) is 10.2 Å². The zero-order valence-corrected chi connectivity index (χ0v) is 32.4. The van der Waals surface area contributed by atoms with Crippen molar-refractivity contribution in [3.63, 3.8) is 0 Å². The van der Waals surface area contributed by atoms with E-state index in [-0.39, 0.29) is 35.7 Å². The Kier molecular flexibility index (Phi) is 8.74. The summed E-state index contributed by atoms with van der Waals surface area (Å²) < 4.78 is 21.7. The number of pyridine rings is 1. The van der Waals surface area contributed by atoms with Gasteiger partial charge in [-0.3, -0.25) is 4.79 Å². The summed E-state index contributed by atoms with van der Waals surface area (Å²) in [6, 6.07) is 13.4. The molecule has 9 rings (SSSR count). The molecule has 0 spiro atoms. The van der Waals surface area contributed by atoms with Gasteiger partial charge in [0.05, 0.1) is 37.5 Å². The number of imidazole rings is 1. The largest absolute Gasteiger partial charge is 0.494 e. The lowest BCUT2D eigenvalue weighted by Gasteiger charge is -2.40. The van der Waals surface area contributed by atoms with Crippen molar-refractivity contribution in [2.45, 2.75) is 77.2 Å². The third-order valence-corrected chi connectivity index (χ3v) is 11.6. The number of fused-ring (bicyclic) bond motifs is 4. The maximum atomic E-state index is 14.4. The number of carbonyl (C=O) groups excluding carboxylic acids is 2. The summed E-state index contributed by atoms with van der Waals surface area (Å²) in [7, 11) is 3.26. The Bertz CT molecular complexity index is 2400. The van der Waals surface area contributed by atoms with Crippen LogP contribution in [0.2, 0.25) is 0 Å². The molecule has 4 aromatic heterocycles. The Hall–Kier alpha value is -5.91. The number of amides is 2. The minimum atomic E-state index is -0.613. The third-order valence-electron chi connectivity index (χ3n) is 11.6. The molecule has 2 bridgehead atoms. The molecule has 2 aliphatic heterocycles. The van der Waals surface area contributed by atoms with Crippen molar-refractivity contribution in [3.8, 4) is 29.2 Å². The van der Waals surface area contributed by atoms with Crippen LogP contribution in [0.25, 0.3) is 33.6 Å². The van der Waals surface area contributed by atoms with Crippen molar-refractivity contribution in [3.05, 3.63) is 54.0 Å². The van der Waals surface area contributed by atoms with E-state index in [1.807, 2.05) is 62.1 Å². The molecule has 15 nitrogen and oxygen atoms in total. The first-order valence-electron chi connectivity index (χ1n) is 19.4. The van der Waals surface area contributed by atoms with E-state index in [0.717, 1.165) is 66.4 Å². The fourth-order valence-electron chi connectivity index (χ4n) is 8.80. The molecule has 2 amide bonds. The van der Waals surface area contributed by atoms with Crippen LogP contribution in [-0.2, 0) is 17.8 Å². The SMILES string of the molecule is COc1ccc2cc(-c3nc4cc(C(=O)N5C[C@H]6CC[C@@H]5[C@@H]6NC(=O)OC(C)(C)C)cc(OC)c4n3CC3CN(c4ccnc(C#N)n4)C3)n(CC3CC3)c2n1. The summed E-state index contributed by atoms with van der Waals surface area (Å²) in [4.78, 5) is 49.9. The molecule has 2 saturated heterocycles. The van der Waals surface area contributed by atoms with Gasteiger partial charge in [-0.05, 0) is 88.6 Å². The van der Waals surface area contributed by atoms with E-state index in [1.165, 1.54) is 12.8 Å². The molecular weight excluding hydrogens is 713 g/mol. The highest BCUT2D eigenvalue weighted by Gasteiger charge is 2.50. The number of anilines is 1. The summed E-state index contributed by atoms with van der Waals surface area (Å²) in [5, 5.41) is 13.4. The molecule has 0 unspecified atom stereocenters. The van der Waals surface area contributed by atoms with Gasteiger partial charge in [-0.15, -0.1) is 0 Å². The average molecular weight is 759 g/mol. The van der Waals surface area contributed by atoms with E-state index in [0.29, 0.717) is 41.7 Å². The van der Waals surface area contributed by atoms with Crippen molar-refractivity contribution in [1.82, 2.24) is 39.3 Å². The number of carbonyl (C=O) groups is 2. The van der Waals surface area contributed by atoms with Gasteiger partial charge in [0.15, 0.2) is 5.82 Å². The van der Waals surface area contributed by atoms with Gasteiger partial charge in [-0.1, -0.05) is 0 Å². The van der Waals surface area contributed by atoms with Gasteiger partial charge < -0.3 is 38.5 Å². The smallest absolute Gasteiger partial charge is 0.407 e. The predicted molar refractivity (Wildman–Crippen MR) is 207 cm³/mol. The molecule has 0 radical (unpaired) electrons. The second-order valence-electron chi connectivity index (χ2n) is 16.6. The summed E-state index contributed by atoms with van der Waals surface area (Å²) in [6.45, 7) is 9.01. The molecule has 4 fully saturated rings. The Morgan fingerprint density at radius 1 is 0.929 bits per heavy atom. The Morgan fingerprint density at radius 3 is 2.46 bits per heavy atom. The Morgan fingerprint density at radius 2 is 1.73 bits per heavy atom. The number of hydrogen-bond acceptors (Lipinski definition) is 11. The second kappa shape index (κ2) is 13.7. The monoisotopic (exact) mass is 758 g/mol. The van der Waals surface area contributed by atoms with Crippen LogP contribution in [0.4, 0.5) is 10.6 Å². The molecule has 4 aliphatic rings. The van der Waals surface area contributed by atoms with Crippen LogP contribution in [0.3, 0.4) is 0 Å². The van der Waals surface area contributed by atoms with E-state index in [9.17, 15) is 14.9 Å². The van der Waals surface area contributed by atoms with Crippen LogP contribution >= 0.6 is 0 Å². The predicted octanol–water partition coefficient (Wildman–Crippen LogP) is 5.41. The first kappa shape index (κ1) is 35.8. The quantitative estimate of drug-likeness (QED) is 0.194. The van der Waals surface area contributed by atoms with Crippen LogP contribution in [0.5, 0.6) is 11.6 Å². The number of nitrogens with one attached hydrogen (secondary N) is 1. The molecular formula is C41H46N10O5. The number of aromatic nitrogens is 6. The van der Waals surface area contributed by atoms with E-state index in [1.54, 1.807) is 20.4 Å². The summed E-state index contributed by atoms with van der Waals surface area (Å²) in [5.41, 5.74) is 3.14. The third kappa shape index (κ3) is 6.50. The highest BCUT2D eigenvalue weighted by Crippen LogP contribution is 2.42. The Labute approximate surface area is 324 Å². The number of benzene rings is 1. The van der Waals surface area contributed by atoms with Gasteiger partial charge in [0.1, 0.15) is 34.4 Å². The molecule has 3 atom stereocenters. The summed E-state index contributed by atoms with van der Waals surface area (Å²) in [5.74, 6) is 3.61. The number of alkyl carbamates (subject to hydrolysis) is 1. The van der Waals surface area contributed by atoms with Crippen LogP contribution < -0.4 is 19.7 Å². The highest BCUT2D eigenvalue weighted by molar-refractivity contribution is 6.00. The average Bonchev–Trinajstić information content (AvgIpc) is 3.48. The second-order valence-corrected chi connectivity index (χ2v) is 16.6. The fraction of sp³-hybridized carbons (Fsp3) is 0.488. The van der Waals surface area contributed by atoms with Crippen LogP contribution in [0, 0.1) is 29.1 Å². The summed E-state index contributed by atoms with van der Waals surface area (Å²) >= 11 is 0. The zero-order valence-electron chi connectivity index (χ0n) is 32.4. The molecule has 1 aromatic carbocycles. The maximum Gasteiger partial charge on any atom is 0.407 e. The fourth-order valence-corrected chi connectivity index (χ4v) is 8.80. The number of piperidine rings is 1. The topological polar surface area (TPSA) is 166 Å². The van der Waals surface area contributed by atoms with E-state index < -0.39 is 11.7 Å². The van der Waals surface area contributed by atoms with Gasteiger partial charge in [0, 0.05) is 61.9 Å². The van der Waals surface area contributed by atoms with Crippen molar-refractivity contribution in [2.75, 3.05) is 38.8 Å². The first-order chi connectivity index (χ1) is 27.0. The van der Waals surface area contributed by atoms with Crippen molar-refractivity contribution in [2.24, 2.45) is 17.8 Å². The number of nitriles is 1. The first-order valence-corrected chi connectivity index (χ1v) is 19.4. The standard InChI is InChI=1S/C41H46N10O5/c1-41(2,3)56-40(53)47-35-26-8-10-29(35)50(22-26)39(52)27-14-28-36(31(16-27)54-4)51(21-24-18-48(19-24)33-12-13-43-32(17-42)45-33)38(44-28)30-15-25-9-11-34(55-5)46-37(25)49(30)20-23-6-7-23/h9,11-16,23-24,26,29,35H,6-8,10,18-22H2,1-5H3,(H,47,53)/t26-,29-,35-/m1/s1. The minimum Gasteiger partial charge on any atom is -0.494 e. The minimum absolute atomic E-state index is 0.111. The lowest BCUT2D eigenvalue weighted by Crippen LogP contribution is -2.49. The van der Waals surface area contributed by atoms with E-state index in [2.05, 4.69) is 35.4 Å².